The van der Waals surface area contributed by atoms with E-state index in [1.54, 1.807) is 0 Å². The van der Waals surface area contributed by atoms with Gasteiger partial charge in [0, 0.05) is 28.2 Å². The Balaban J connectivity index is 3.04. The van der Waals surface area contributed by atoms with Crippen molar-refractivity contribution in [1.29, 1.82) is 0 Å². The zero-order valence-electron chi connectivity index (χ0n) is 26.0. The number of ether oxygens (including phenoxy) is 2. The second kappa shape index (κ2) is 11.0. The molecule has 2 nitrogen and oxygen atoms in total. The van der Waals surface area contributed by atoms with Crippen molar-refractivity contribution in [3.8, 4) is 11.5 Å². The highest BCUT2D eigenvalue weighted by Crippen LogP contribution is 2.48. The Labute approximate surface area is 229 Å². The summed E-state index contributed by atoms with van der Waals surface area (Å²) in [7, 11) is 12.1. The SMILES string of the molecule is [CH]Oc1c(C(C)c2cc(C(C)(C)CC)cc(C(C)(C)CC)c2O[CH])cc(C(C)(C)C)cc1C(C)(C)CC. The van der Waals surface area contributed by atoms with E-state index in [9.17, 15) is 0 Å². The van der Waals surface area contributed by atoms with Gasteiger partial charge in [0.2, 0.25) is 0 Å². The first-order valence-corrected chi connectivity index (χ1v) is 14.0. The van der Waals surface area contributed by atoms with E-state index in [0.717, 1.165) is 53.0 Å². The molecule has 2 rings (SSSR count). The minimum Gasteiger partial charge on any atom is -0.482 e. The Morgan fingerprint density at radius 2 is 0.946 bits per heavy atom. The van der Waals surface area contributed by atoms with Gasteiger partial charge in [-0.1, -0.05) is 114 Å². The van der Waals surface area contributed by atoms with E-state index < -0.39 is 0 Å². The first-order chi connectivity index (χ1) is 16.9. The summed E-state index contributed by atoms with van der Waals surface area (Å²) in [6.07, 6.45) is 2.97. The molecule has 2 aromatic rings. The maximum absolute atomic E-state index is 6.04. The van der Waals surface area contributed by atoms with Crippen LogP contribution in [0.15, 0.2) is 24.3 Å². The van der Waals surface area contributed by atoms with Crippen molar-refractivity contribution in [2.75, 3.05) is 0 Å². The van der Waals surface area contributed by atoms with Crippen LogP contribution in [0.25, 0.3) is 0 Å². The van der Waals surface area contributed by atoms with Crippen molar-refractivity contribution in [2.45, 2.75) is 137 Å². The largest absolute Gasteiger partial charge is 0.482 e. The van der Waals surface area contributed by atoms with Crippen LogP contribution in [0.3, 0.4) is 0 Å². The minimum atomic E-state index is -0.0984. The van der Waals surface area contributed by atoms with Gasteiger partial charge in [-0.15, -0.1) is 0 Å². The van der Waals surface area contributed by atoms with Crippen LogP contribution < -0.4 is 9.47 Å². The molecule has 4 radical (unpaired) electrons. The molecule has 0 bridgehead atoms. The van der Waals surface area contributed by atoms with E-state index >= 15 is 0 Å². The summed E-state index contributed by atoms with van der Waals surface area (Å²) >= 11 is 0. The standard InChI is InChI=1S/C35H52O2/c1-16-33(8,9)25-20-27(31(37-15)29(22-25)35(12,13)18-3)23(4)26-19-24(32(5,6)7)21-28(30(26)36-14)34(10,11)17-2/h14-15,19-23H,16-18H2,1-13H3. The Bertz CT molecular complexity index is 1080. The lowest BCUT2D eigenvalue weighted by Crippen LogP contribution is -2.23. The van der Waals surface area contributed by atoms with Crippen LogP contribution in [0.4, 0.5) is 0 Å². The van der Waals surface area contributed by atoms with Crippen molar-refractivity contribution < 1.29 is 9.47 Å². The molecule has 0 aromatic heterocycles. The van der Waals surface area contributed by atoms with Gasteiger partial charge in [-0.25, -0.2) is 0 Å². The molecule has 1 unspecified atom stereocenters. The average molecular weight is 505 g/mol. The summed E-state index contributed by atoms with van der Waals surface area (Å²) in [4.78, 5) is 0. The monoisotopic (exact) mass is 504 g/mol. The van der Waals surface area contributed by atoms with Crippen molar-refractivity contribution in [3.05, 3.63) is 71.9 Å². The fourth-order valence-corrected chi connectivity index (χ4v) is 4.79. The van der Waals surface area contributed by atoms with Gasteiger partial charge in [-0.2, -0.15) is 0 Å². The first kappa shape index (κ1) is 31.3. The molecule has 2 heteroatoms. The van der Waals surface area contributed by atoms with Gasteiger partial charge in [0.25, 0.3) is 0 Å². The minimum absolute atomic E-state index is 0.00991. The van der Waals surface area contributed by atoms with E-state index in [0.29, 0.717) is 0 Å². The molecule has 37 heavy (non-hydrogen) atoms. The highest BCUT2D eigenvalue weighted by molar-refractivity contribution is 5.58. The lowest BCUT2D eigenvalue weighted by Gasteiger charge is -2.34. The van der Waals surface area contributed by atoms with Gasteiger partial charge in [0.1, 0.15) is 11.5 Å². The zero-order valence-corrected chi connectivity index (χ0v) is 26.0. The van der Waals surface area contributed by atoms with Gasteiger partial charge in [0.05, 0.1) is 0 Å². The summed E-state index contributed by atoms with van der Waals surface area (Å²) in [6, 6.07) is 9.15. The molecule has 0 spiro atoms. The lowest BCUT2D eigenvalue weighted by molar-refractivity contribution is 0.414. The fourth-order valence-electron chi connectivity index (χ4n) is 4.79. The van der Waals surface area contributed by atoms with Gasteiger partial charge < -0.3 is 9.47 Å². The molecule has 0 heterocycles. The summed E-state index contributed by atoms with van der Waals surface area (Å²) in [5.41, 5.74) is 6.77. The number of hydrogen-bond donors (Lipinski definition) is 0. The third kappa shape index (κ3) is 6.21. The second-order valence-electron chi connectivity index (χ2n) is 13.8. The average Bonchev–Trinajstić information content (AvgIpc) is 2.85. The summed E-state index contributed by atoms with van der Waals surface area (Å²) in [5, 5.41) is 0. The Hall–Kier alpha value is -1.96. The predicted molar refractivity (Wildman–Crippen MR) is 159 cm³/mol. The first-order valence-electron chi connectivity index (χ1n) is 14.0. The Morgan fingerprint density at radius 3 is 1.27 bits per heavy atom. The van der Waals surface area contributed by atoms with Crippen LogP contribution in [0.5, 0.6) is 11.5 Å². The zero-order chi connectivity index (χ0) is 28.6. The molecule has 1 atom stereocenters. The van der Waals surface area contributed by atoms with Crippen LogP contribution in [0, 0.1) is 14.2 Å². The molecule has 0 aliphatic rings. The molecule has 0 saturated carbocycles. The molecule has 0 amide bonds. The van der Waals surface area contributed by atoms with Crippen LogP contribution >= 0.6 is 0 Å². The van der Waals surface area contributed by atoms with E-state index in [1.807, 2.05) is 0 Å². The molecule has 0 saturated heterocycles. The van der Waals surface area contributed by atoms with Crippen molar-refractivity contribution in [1.82, 2.24) is 0 Å². The molecule has 0 aliphatic heterocycles. The Kier molecular flexibility index (Phi) is 9.32. The van der Waals surface area contributed by atoms with Crippen molar-refractivity contribution >= 4 is 0 Å². The number of benzene rings is 2. The molecule has 2 aromatic carbocycles. The van der Waals surface area contributed by atoms with Crippen LogP contribution in [0.2, 0.25) is 0 Å². The van der Waals surface area contributed by atoms with Gasteiger partial charge in [0.15, 0.2) is 14.2 Å². The van der Waals surface area contributed by atoms with Crippen molar-refractivity contribution in [2.24, 2.45) is 0 Å². The fraction of sp³-hybridized carbons (Fsp3) is 0.600. The predicted octanol–water partition coefficient (Wildman–Crippen LogP) is 10.3. The summed E-state index contributed by atoms with van der Waals surface area (Å²) in [5.74, 6) is 1.46. The summed E-state index contributed by atoms with van der Waals surface area (Å²) < 4.78 is 11.4. The smallest absolute Gasteiger partial charge is 0.180 e. The maximum atomic E-state index is 6.04. The normalized spacial score (nSPS) is 14.0. The summed E-state index contributed by atoms with van der Waals surface area (Å²) in [6.45, 7) is 29.3. The highest BCUT2D eigenvalue weighted by Gasteiger charge is 2.33. The molecule has 0 N–H and O–H groups in total. The van der Waals surface area contributed by atoms with E-state index in [-0.39, 0.29) is 27.6 Å². The molecular formula is C35H52O2. The third-order valence-electron chi connectivity index (χ3n) is 9.16. The van der Waals surface area contributed by atoms with Crippen LogP contribution in [-0.2, 0) is 21.7 Å². The molecule has 0 fully saturated rings. The molecular weight excluding hydrogens is 452 g/mol. The number of rotatable bonds is 10. The maximum Gasteiger partial charge on any atom is 0.180 e. The van der Waals surface area contributed by atoms with Crippen LogP contribution in [-0.4, -0.2) is 0 Å². The van der Waals surface area contributed by atoms with Crippen molar-refractivity contribution in [3.63, 3.8) is 0 Å². The van der Waals surface area contributed by atoms with Gasteiger partial charge >= 0.3 is 0 Å². The second-order valence-corrected chi connectivity index (χ2v) is 13.8. The van der Waals surface area contributed by atoms with E-state index in [2.05, 4.69) is 114 Å². The topological polar surface area (TPSA) is 18.5 Å². The third-order valence-corrected chi connectivity index (χ3v) is 9.16. The molecule has 0 aliphatic carbocycles. The van der Waals surface area contributed by atoms with Crippen LogP contribution in [0.1, 0.15) is 149 Å². The lowest BCUT2D eigenvalue weighted by atomic mass is 9.72. The molecule has 204 valence electrons. The number of hydrogen-bond acceptors (Lipinski definition) is 2. The van der Waals surface area contributed by atoms with Gasteiger partial charge in [-0.3, -0.25) is 0 Å². The van der Waals surface area contributed by atoms with Gasteiger partial charge in [-0.05, 0) is 52.0 Å². The van der Waals surface area contributed by atoms with E-state index in [4.69, 9.17) is 23.7 Å². The quantitative estimate of drug-likeness (QED) is 0.320. The Morgan fingerprint density at radius 1 is 0.595 bits per heavy atom. The highest BCUT2D eigenvalue weighted by atomic mass is 16.5. The van der Waals surface area contributed by atoms with E-state index in [1.165, 1.54) is 11.1 Å².